The van der Waals surface area contributed by atoms with Gasteiger partial charge in [-0.15, -0.1) is 0 Å². The standard InChI is InChI=1S/C20H26N6O3/c1-4-14-9-13-10-21-19(25-16(13)17(23-14)22-11(2)3)26-18(27)12-6-5-7-15(8-12)24-20(28)29/h4,9-12,15,24H,1,5-8H2,2-3H3,(H,22,23)(H,28,29)(H,21,25,26,27)/t12-,15+/m0/s1. The highest BCUT2D eigenvalue weighted by atomic mass is 16.4. The van der Waals surface area contributed by atoms with Gasteiger partial charge >= 0.3 is 6.09 Å². The number of carboxylic acid groups (broad SMARTS) is 1. The summed E-state index contributed by atoms with van der Waals surface area (Å²) in [6.45, 7) is 7.77. The third kappa shape index (κ3) is 5.18. The Morgan fingerprint density at radius 2 is 2.10 bits per heavy atom. The number of nitrogens with zero attached hydrogens (tertiary/aromatic N) is 3. The van der Waals surface area contributed by atoms with Crippen LogP contribution in [0.5, 0.6) is 0 Å². The molecule has 29 heavy (non-hydrogen) atoms. The van der Waals surface area contributed by atoms with Crippen LogP contribution in [0.1, 0.15) is 45.2 Å². The van der Waals surface area contributed by atoms with Crippen molar-refractivity contribution in [1.29, 1.82) is 0 Å². The van der Waals surface area contributed by atoms with E-state index < -0.39 is 6.09 Å². The minimum absolute atomic E-state index is 0.152. The van der Waals surface area contributed by atoms with Gasteiger partial charge in [-0.3, -0.25) is 10.1 Å². The molecule has 1 aliphatic carbocycles. The Kier molecular flexibility index (Phi) is 6.26. The number of hydrogen-bond acceptors (Lipinski definition) is 6. The SMILES string of the molecule is C=Cc1cc2cnc(NC(=O)[C@H]3CCC[C@@H](NC(=O)O)C3)nc2c(NC(C)C)n1. The Balaban J connectivity index is 1.80. The lowest BCUT2D eigenvalue weighted by Crippen LogP contribution is -2.40. The maximum atomic E-state index is 12.7. The molecular weight excluding hydrogens is 372 g/mol. The van der Waals surface area contributed by atoms with Crippen molar-refractivity contribution in [2.75, 3.05) is 10.6 Å². The second kappa shape index (κ2) is 8.85. The van der Waals surface area contributed by atoms with Gasteiger partial charge in [-0.25, -0.2) is 19.7 Å². The van der Waals surface area contributed by atoms with E-state index in [-0.39, 0.29) is 29.9 Å². The molecule has 0 aromatic carbocycles. The summed E-state index contributed by atoms with van der Waals surface area (Å²) in [5.41, 5.74) is 1.32. The van der Waals surface area contributed by atoms with Gasteiger partial charge in [-0.1, -0.05) is 13.0 Å². The summed E-state index contributed by atoms with van der Waals surface area (Å²) in [5.74, 6) is 0.328. The summed E-state index contributed by atoms with van der Waals surface area (Å²) >= 11 is 0. The lowest BCUT2D eigenvalue weighted by Gasteiger charge is -2.27. The van der Waals surface area contributed by atoms with Crippen LogP contribution >= 0.6 is 0 Å². The summed E-state index contributed by atoms with van der Waals surface area (Å²) in [4.78, 5) is 36.8. The van der Waals surface area contributed by atoms with Crippen LogP contribution < -0.4 is 16.0 Å². The molecule has 0 bridgehead atoms. The second-order valence-electron chi connectivity index (χ2n) is 7.53. The van der Waals surface area contributed by atoms with Crippen molar-refractivity contribution in [3.63, 3.8) is 0 Å². The minimum Gasteiger partial charge on any atom is -0.465 e. The van der Waals surface area contributed by atoms with E-state index in [1.807, 2.05) is 19.9 Å². The Morgan fingerprint density at radius 3 is 2.79 bits per heavy atom. The highest BCUT2D eigenvalue weighted by Gasteiger charge is 2.28. The molecule has 0 unspecified atom stereocenters. The Morgan fingerprint density at radius 1 is 1.31 bits per heavy atom. The fourth-order valence-electron chi connectivity index (χ4n) is 3.54. The summed E-state index contributed by atoms with van der Waals surface area (Å²) in [7, 11) is 0. The van der Waals surface area contributed by atoms with Crippen LogP contribution in [-0.2, 0) is 4.79 Å². The van der Waals surface area contributed by atoms with E-state index in [4.69, 9.17) is 5.11 Å². The molecule has 1 saturated carbocycles. The topological polar surface area (TPSA) is 129 Å². The van der Waals surface area contributed by atoms with Crippen LogP contribution in [0.2, 0.25) is 0 Å². The van der Waals surface area contributed by atoms with E-state index in [0.29, 0.717) is 29.9 Å². The lowest BCUT2D eigenvalue weighted by molar-refractivity contribution is -0.121. The number of fused-ring (bicyclic) bond motifs is 1. The molecule has 2 amide bonds. The molecule has 9 nitrogen and oxygen atoms in total. The maximum Gasteiger partial charge on any atom is 0.404 e. The van der Waals surface area contributed by atoms with Crippen molar-refractivity contribution >= 4 is 40.7 Å². The molecule has 2 aromatic rings. The number of hydrogen-bond donors (Lipinski definition) is 4. The minimum atomic E-state index is -1.06. The molecule has 3 rings (SSSR count). The van der Waals surface area contributed by atoms with E-state index in [1.165, 1.54) is 0 Å². The zero-order valence-electron chi connectivity index (χ0n) is 16.6. The number of pyridine rings is 1. The molecule has 154 valence electrons. The Labute approximate surface area is 169 Å². The molecule has 0 aliphatic heterocycles. The smallest absolute Gasteiger partial charge is 0.404 e. The number of anilines is 2. The van der Waals surface area contributed by atoms with Gasteiger partial charge < -0.3 is 15.7 Å². The predicted molar refractivity (Wildman–Crippen MR) is 112 cm³/mol. The van der Waals surface area contributed by atoms with Gasteiger partial charge in [0.1, 0.15) is 5.52 Å². The van der Waals surface area contributed by atoms with Crippen LogP contribution in [-0.4, -0.2) is 44.1 Å². The van der Waals surface area contributed by atoms with Crippen molar-refractivity contribution in [3.8, 4) is 0 Å². The zero-order chi connectivity index (χ0) is 21.0. The van der Waals surface area contributed by atoms with E-state index in [9.17, 15) is 9.59 Å². The van der Waals surface area contributed by atoms with Gasteiger partial charge in [0.15, 0.2) is 5.82 Å². The molecule has 1 aliphatic rings. The molecule has 2 heterocycles. The number of nitrogens with one attached hydrogen (secondary N) is 3. The van der Waals surface area contributed by atoms with E-state index >= 15 is 0 Å². The summed E-state index contributed by atoms with van der Waals surface area (Å²) in [5, 5.41) is 18.2. The highest BCUT2D eigenvalue weighted by molar-refractivity contribution is 5.94. The third-order valence-electron chi connectivity index (χ3n) is 4.83. The van der Waals surface area contributed by atoms with Crippen molar-refractivity contribution in [1.82, 2.24) is 20.3 Å². The van der Waals surface area contributed by atoms with Crippen molar-refractivity contribution < 1.29 is 14.7 Å². The number of amides is 2. The molecule has 0 saturated heterocycles. The largest absolute Gasteiger partial charge is 0.465 e. The monoisotopic (exact) mass is 398 g/mol. The molecule has 1 fully saturated rings. The van der Waals surface area contributed by atoms with Gasteiger partial charge in [0, 0.05) is 29.6 Å². The first-order valence-corrected chi connectivity index (χ1v) is 9.72. The van der Waals surface area contributed by atoms with E-state index in [0.717, 1.165) is 18.2 Å². The van der Waals surface area contributed by atoms with Crippen LogP contribution in [0.3, 0.4) is 0 Å². The molecule has 9 heteroatoms. The van der Waals surface area contributed by atoms with Crippen molar-refractivity contribution in [2.45, 2.75) is 51.6 Å². The molecule has 0 spiro atoms. The van der Waals surface area contributed by atoms with Gasteiger partial charge in [0.2, 0.25) is 11.9 Å². The van der Waals surface area contributed by atoms with Crippen molar-refractivity contribution in [3.05, 3.63) is 24.5 Å². The van der Waals surface area contributed by atoms with Gasteiger partial charge in [0.05, 0.1) is 5.69 Å². The first-order valence-electron chi connectivity index (χ1n) is 9.72. The van der Waals surface area contributed by atoms with Crippen LogP contribution in [0.25, 0.3) is 17.0 Å². The van der Waals surface area contributed by atoms with Gasteiger partial charge in [0.25, 0.3) is 0 Å². The van der Waals surface area contributed by atoms with Crippen molar-refractivity contribution in [2.24, 2.45) is 5.92 Å². The fourth-order valence-corrected chi connectivity index (χ4v) is 3.54. The zero-order valence-corrected chi connectivity index (χ0v) is 16.6. The normalized spacial score (nSPS) is 19.0. The number of aromatic nitrogens is 3. The molecular formula is C20H26N6O3. The second-order valence-corrected chi connectivity index (χ2v) is 7.53. The van der Waals surface area contributed by atoms with Crippen LogP contribution in [0.15, 0.2) is 18.8 Å². The van der Waals surface area contributed by atoms with Crippen LogP contribution in [0.4, 0.5) is 16.6 Å². The lowest BCUT2D eigenvalue weighted by atomic mass is 9.85. The average molecular weight is 398 g/mol. The molecule has 4 N–H and O–H groups in total. The number of carbonyl (C=O) groups excluding carboxylic acids is 1. The predicted octanol–water partition coefficient (Wildman–Crippen LogP) is 3.25. The number of rotatable bonds is 6. The van der Waals surface area contributed by atoms with E-state index in [2.05, 4.69) is 37.5 Å². The fraction of sp³-hybridized carbons (Fsp3) is 0.450. The third-order valence-corrected chi connectivity index (χ3v) is 4.83. The molecule has 2 atom stereocenters. The summed E-state index contributed by atoms with van der Waals surface area (Å²) in [6.07, 6.45) is 4.95. The quantitative estimate of drug-likeness (QED) is 0.588. The summed E-state index contributed by atoms with van der Waals surface area (Å²) < 4.78 is 0. The molecule has 2 aromatic heterocycles. The van der Waals surface area contributed by atoms with Crippen LogP contribution in [0, 0.1) is 5.92 Å². The van der Waals surface area contributed by atoms with Gasteiger partial charge in [-0.2, -0.15) is 0 Å². The number of carbonyl (C=O) groups is 2. The van der Waals surface area contributed by atoms with E-state index in [1.54, 1.807) is 12.3 Å². The summed E-state index contributed by atoms with van der Waals surface area (Å²) in [6, 6.07) is 1.78. The maximum absolute atomic E-state index is 12.7. The Hall–Kier alpha value is -3.23. The van der Waals surface area contributed by atoms with Gasteiger partial charge in [-0.05, 0) is 45.3 Å². The Bertz CT molecular complexity index is 930. The first kappa shape index (κ1) is 20.5. The first-order chi connectivity index (χ1) is 13.9. The average Bonchev–Trinajstić information content (AvgIpc) is 2.67. The molecule has 0 radical (unpaired) electrons. The highest BCUT2D eigenvalue weighted by Crippen LogP contribution is 2.26.